The van der Waals surface area contributed by atoms with Crippen molar-refractivity contribution in [1.29, 1.82) is 0 Å². The highest BCUT2D eigenvalue weighted by atomic mass is 32.2. The van der Waals surface area contributed by atoms with E-state index in [9.17, 15) is 4.21 Å². The van der Waals surface area contributed by atoms with Crippen molar-refractivity contribution in [2.45, 2.75) is 19.8 Å². The Morgan fingerprint density at radius 3 is 2.50 bits per heavy atom. The van der Waals surface area contributed by atoms with Crippen LogP contribution in [0.4, 0.5) is 0 Å². The van der Waals surface area contributed by atoms with Crippen LogP contribution in [0.5, 0.6) is 5.75 Å². The number of ether oxygens (including phenoxy) is 1. The zero-order valence-electron chi connectivity index (χ0n) is 9.22. The van der Waals surface area contributed by atoms with Gasteiger partial charge in [0.15, 0.2) is 0 Å². The fourth-order valence-corrected chi connectivity index (χ4v) is 1.51. The molecule has 0 saturated carbocycles. The lowest BCUT2D eigenvalue weighted by molar-refractivity contribution is 0.138. The van der Waals surface area contributed by atoms with E-state index in [0.29, 0.717) is 12.4 Å². The molecule has 1 atom stereocenters. The van der Waals surface area contributed by atoms with E-state index >= 15 is 0 Å². The first kappa shape index (κ1) is 13.2. The SMILES string of the molecule is CCCOCCc1ccc(OS(=O)O)cc1. The second-order valence-corrected chi connectivity index (χ2v) is 3.91. The molecule has 0 aliphatic carbocycles. The van der Waals surface area contributed by atoms with Crippen molar-refractivity contribution < 1.29 is 17.7 Å². The van der Waals surface area contributed by atoms with Crippen LogP contribution in [-0.4, -0.2) is 22.0 Å². The lowest BCUT2D eigenvalue weighted by atomic mass is 10.1. The standard InChI is InChI=1S/C11H16O4S/c1-2-8-14-9-7-10-3-5-11(6-4-10)15-16(12)13/h3-6H,2,7-9H2,1H3,(H,12,13). The van der Waals surface area contributed by atoms with Crippen LogP contribution in [-0.2, 0) is 22.5 Å². The van der Waals surface area contributed by atoms with Crippen molar-refractivity contribution in [2.75, 3.05) is 13.2 Å². The summed E-state index contributed by atoms with van der Waals surface area (Å²) in [6, 6.07) is 7.06. The minimum Gasteiger partial charge on any atom is -0.381 e. The minimum atomic E-state index is -2.26. The third kappa shape index (κ3) is 5.25. The van der Waals surface area contributed by atoms with Crippen LogP contribution in [0.2, 0.25) is 0 Å². The van der Waals surface area contributed by atoms with Gasteiger partial charge in [0.2, 0.25) is 0 Å². The summed E-state index contributed by atoms with van der Waals surface area (Å²) in [6.45, 7) is 3.55. The molecule has 5 heteroatoms. The second kappa shape index (κ2) is 7.38. The van der Waals surface area contributed by atoms with Gasteiger partial charge in [-0.05, 0) is 30.5 Å². The zero-order chi connectivity index (χ0) is 11.8. The third-order valence-corrected chi connectivity index (χ3v) is 2.31. The Labute approximate surface area is 98.1 Å². The summed E-state index contributed by atoms with van der Waals surface area (Å²) in [7, 11) is 0. The van der Waals surface area contributed by atoms with Crippen LogP contribution in [0.1, 0.15) is 18.9 Å². The van der Waals surface area contributed by atoms with Gasteiger partial charge in [-0.1, -0.05) is 19.1 Å². The molecule has 0 bridgehead atoms. The van der Waals surface area contributed by atoms with Gasteiger partial charge in [-0.3, -0.25) is 4.55 Å². The normalized spacial score (nSPS) is 12.4. The van der Waals surface area contributed by atoms with E-state index in [4.69, 9.17) is 9.29 Å². The summed E-state index contributed by atoms with van der Waals surface area (Å²) in [5.74, 6) is 0.388. The van der Waals surface area contributed by atoms with Crippen molar-refractivity contribution in [1.82, 2.24) is 0 Å². The van der Waals surface area contributed by atoms with E-state index in [1.807, 2.05) is 12.1 Å². The van der Waals surface area contributed by atoms with Crippen molar-refractivity contribution in [2.24, 2.45) is 0 Å². The molecular weight excluding hydrogens is 228 g/mol. The first-order valence-electron chi connectivity index (χ1n) is 5.18. The fourth-order valence-electron chi connectivity index (χ4n) is 1.23. The highest BCUT2D eigenvalue weighted by Crippen LogP contribution is 2.13. The summed E-state index contributed by atoms with van der Waals surface area (Å²) in [6.07, 6.45) is 1.86. The Kier molecular flexibility index (Phi) is 6.07. The molecular formula is C11H16O4S. The molecule has 0 heterocycles. The summed E-state index contributed by atoms with van der Waals surface area (Å²) in [5.41, 5.74) is 1.12. The van der Waals surface area contributed by atoms with Crippen LogP contribution >= 0.6 is 0 Å². The molecule has 0 aliphatic rings. The third-order valence-electron chi connectivity index (χ3n) is 1.97. The van der Waals surface area contributed by atoms with E-state index in [-0.39, 0.29) is 0 Å². The maximum atomic E-state index is 10.4. The molecule has 90 valence electrons. The Morgan fingerprint density at radius 1 is 1.25 bits per heavy atom. The van der Waals surface area contributed by atoms with Gasteiger partial charge in [0.05, 0.1) is 6.61 Å². The van der Waals surface area contributed by atoms with Crippen molar-refractivity contribution >= 4 is 11.4 Å². The van der Waals surface area contributed by atoms with Crippen LogP contribution in [0.3, 0.4) is 0 Å². The van der Waals surface area contributed by atoms with E-state index < -0.39 is 11.4 Å². The highest BCUT2D eigenvalue weighted by Gasteiger charge is 1.98. The number of rotatable bonds is 7. The lowest BCUT2D eigenvalue weighted by Crippen LogP contribution is -2.00. The molecule has 1 aromatic rings. The monoisotopic (exact) mass is 244 g/mol. The maximum absolute atomic E-state index is 10.4. The molecule has 0 radical (unpaired) electrons. The van der Waals surface area contributed by atoms with E-state index in [0.717, 1.165) is 25.0 Å². The maximum Gasteiger partial charge on any atom is 0.357 e. The van der Waals surface area contributed by atoms with Gasteiger partial charge in [0.25, 0.3) is 0 Å². The van der Waals surface area contributed by atoms with Gasteiger partial charge in [0, 0.05) is 6.61 Å². The average molecular weight is 244 g/mol. The Bertz CT molecular complexity index is 323. The largest absolute Gasteiger partial charge is 0.381 e. The number of hydrogen-bond acceptors (Lipinski definition) is 3. The second-order valence-electron chi connectivity index (χ2n) is 3.31. The lowest BCUT2D eigenvalue weighted by Gasteiger charge is -2.04. The predicted octanol–water partition coefficient (Wildman–Crippen LogP) is 2.17. The van der Waals surface area contributed by atoms with Crippen molar-refractivity contribution in [3.8, 4) is 5.75 Å². The molecule has 0 spiro atoms. The summed E-state index contributed by atoms with van der Waals surface area (Å²) in [5, 5.41) is 0. The first-order valence-corrected chi connectivity index (χ1v) is 6.21. The summed E-state index contributed by atoms with van der Waals surface area (Å²) >= 11 is -2.26. The van der Waals surface area contributed by atoms with E-state index in [1.54, 1.807) is 12.1 Å². The molecule has 0 fully saturated rings. The average Bonchev–Trinajstić information content (AvgIpc) is 2.26. The predicted molar refractivity (Wildman–Crippen MR) is 62.7 cm³/mol. The minimum absolute atomic E-state index is 0.388. The summed E-state index contributed by atoms with van der Waals surface area (Å²) in [4.78, 5) is 0. The topological polar surface area (TPSA) is 55.8 Å². The molecule has 1 unspecified atom stereocenters. The highest BCUT2D eigenvalue weighted by molar-refractivity contribution is 7.74. The van der Waals surface area contributed by atoms with Crippen LogP contribution in [0, 0.1) is 0 Å². The van der Waals surface area contributed by atoms with Crippen LogP contribution < -0.4 is 4.18 Å². The van der Waals surface area contributed by atoms with Gasteiger partial charge in [0.1, 0.15) is 5.75 Å². The Balaban J connectivity index is 2.36. The van der Waals surface area contributed by atoms with Gasteiger partial charge in [-0.2, -0.15) is 4.21 Å². The molecule has 0 aromatic heterocycles. The number of hydrogen-bond donors (Lipinski definition) is 1. The van der Waals surface area contributed by atoms with Crippen molar-refractivity contribution in [3.05, 3.63) is 29.8 Å². The molecule has 0 amide bonds. The van der Waals surface area contributed by atoms with E-state index in [2.05, 4.69) is 11.1 Å². The fraction of sp³-hybridized carbons (Fsp3) is 0.455. The Morgan fingerprint density at radius 2 is 1.94 bits per heavy atom. The molecule has 1 rings (SSSR count). The molecule has 16 heavy (non-hydrogen) atoms. The van der Waals surface area contributed by atoms with Crippen molar-refractivity contribution in [3.63, 3.8) is 0 Å². The van der Waals surface area contributed by atoms with Gasteiger partial charge in [-0.25, -0.2) is 0 Å². The van der Waals surface area contributed by atoms with Crippen LogP contribution in [0.25, 0.3) is 0 Å². The number of benzene rings is 1. The quantitative estimate of drug-likeness (QED) is 0.590. The molecule has 1 N–H and O–H groups in total. The molecule has 1 aromatic carbocycles. The molecule has 4 nitrogen and oxygen atoms in total. The summed E-state index contributed by atoms with van der Waals surface area (Å²) < 4.78 is 28.8. The zero-order valence-corrected chi connectivity index (χ0v) is 10.0. The first-order chi connectivity index (χ1) is 7.72. The Hall–Kier alpha value is -0.910. The van der Waals surface area contributed by atoms with Crippen LogP contribution in [0.15, 0.2) is 24.3 Å². The van der Waals surface area contributed by atoms with E-state index in [1.165, 1.54) is 0 Å². The smallest absolute Gasteiger partial charge is 0.357 e. The van der Waals surface area contributed by atoms with Gasteiger partial charge >= 0.3 is 11.4 Å². The van der Waals surface area contributed by atoms with Gasteiger partial charge < -0.3 is 8.92 Å². The molecule has 0 saturated heterocycles. The van der Waals surface area contributed by atoms with Gasteiger partial charge in [-0.15, -0.1) is 0 Å². The molecule has 0 aliphatic heterocycles.